The molecule has 2 atom stereocenters. The van der Waals surface area contributed by atoms with E-state index in [0.29, 0.717) is 32.2 Å². The molecule has 3 aromatic rings. The van der Waals surface area contributed by atoms with E-state index in [1.807, 2.05) is 44.2 Å². The Labute approximate surface area is 254 Å². The summed E-state index contributed by atoms with van der Waals surface area (Å²) in [6.07, 6.45) is 1.97. The number of nitrogens with zero attached hydrogens (tertiary/aromatic N) is 2. The van der Waals surface area contributed by atoms with Crippen molar-refractivity contribution in [3.8, 4) is 0 Å². The number of carbonyl (C=O) groups excluding carboxylic acids is 2. The fraction of sp³-hybridized carbons (Fsp3) is 0.310. The molecule has 0 radical (unpaired) electrons. The van der Waals surface area contributed by atoms with Crippen molar-refractivity contribution in [2.24, 2.45) is 0 Å². The second-order valence-corrected chi connectivity index (χ2v) is 13.1. The van der Waals surface area contributed by atoms with Gasteiger partial charge < -0.3 is 10.2 Å². The van der Waals surface area contributed by atoms with Gasteiger partial charge in [-0.25, -0.2) is 8.42 Å². The highest BCUT2D eigenvalue weighted by atomic mass is 79.9. The molecule has 3 aromatic carbocycles. The number of halogens is 3. The summed E-state index contributed by atoms with van der Waals surface area (Å²) in [5.41, 5.74) is 1.81. The van der Waals surface area contributed by atoms with Crippen molar-refractivity contribution in [2.75, 3.05) is 17.1 Å². The number of benzene rings is 3. The van der Waals surface area contributed by atoms with E-state index in [-0.39, 0.29) is 24.9 Å². The van der Waals surface area contributed by atoms with E-state index < -0.39 is 28.5 Å². The van der Waals surface area contributed by atoms with E-state index in [2.05, 4.69) is 21.2 Å². The zero-order valence-corrected chi connectivity index (χ0v) is 26.4. The average molecular weight is 669 g/mol. The molecule has 0 aliphatic rings. The van der Waals surface area contributed by atoms with Crippen molar-refractivity contribution in [3.05, 3.63) is 98.4 Å². The Morgan fingerprint density at radius 2 is 1.60 bits per heavy atom. The zero-order chi connectivity index (χ0) is 29.4. The summed E-state index contributed by atoms with van der Waals surface area (Å²) in [7, 11) is -3.87. The van der Waals surface area contributed by atoms with Crippen LogP contribution in [-0.2, 0) is 32.6 Å². The number of anilines is 1. The fourth-order valence-electron chi connectivity index (χ4n) is 4.08. The highest BCUT2D eigenvalue weighted by molar-refractivity contribution is 9.10. The molecule has 0 aromatic heterocycles. The Morgan fingerprint density at radius 3 is 2.20 bits per heavy atom. The maximum Gasteiger partial charge on any atom is 0.244 e. The highest BCUT2D eigenvalue weighted by Crippen LogP contribution is 2.29. The molecule has 214 valence electrons. The first-order valence-corrected chi connectivity index (χ1v) is 16.1. The van der Waals surface area contributed by atoms with Gasteiger partial charge in [0.05, 0.1) is 22.0 Å². The zero-order valence-electron chi connectivity index (χ0n) is 22.5. The quantitative estimate of drug-likeness (QED) is 0.254. The molecule has 0 spiro atoms. The lowest BCUT2D eigenvalue weighted by molar-refractivity contribution is -0.140. The normalized spacial score (nSPS) is 12.8. The van der Waals surface area contributed by atoms with Crippen LogP contribution < -0.4 is 9.62 Å². The third-order valence-corrected chi connectivity index (χ3v) is 8.95. The number of nitrogens with one attached hydrogen (secondary N) is 1. The molecule has 40 heavy (non-hydrogen) atoms. The van der Waals surface area contributed by atoms with Gasteiger partial charge in [0.25, 0.3) is 0 Å². The van der Waals surface area contributed by atoms with Gasteiger partial charge in [-0.15, -0.1) is 0 Å². The summed E-state index contributed by atoms with van der Waals surface area (Å²) in [6, 6.07) is 20.0. The summed E-state index contributed by atoms with van der Waals surface area (Å²) in [5, 5.41) is 3.66. The Kier molecular flexibility index (Phi) is 11.5. The second kappa shape index (κ2) is 14.3. The first-order chi connectivity index (χ1) is 18.9. The molecule has 0 heterocycles. The molecule has 3 rings (SSSR count). The minimum Gasteiger partial charge on any atom is -0.352 e. The van der Waals surface area contributed by atoms with Crippen LogP contribution in [0.15, 0.2) is 77.3 Å². The third-order valence-electron chi connectivity index (χ3n) is 6.41. The van der Waals surface area contributed by atoms with E-state index in [0.717, 1.165) is 16.1 Å². The van der Waals surface area contributed by atoms with Crippen LogP contribution in [0.5, 0.6) is 0 Å². The Morgan fingerprint density at radius 1 is 0.950 bits per heavy atom. The van der Waals surface area contributed by atoms with Crippen LogP contribution in [0, 0.1) is 0 Å². The Bertz CT molecular complexity index is 1440. The summed E-state index contributed by atoms with van der Waals surface area (Å²) in [6.45, 7) is 3.35. The van der Waals surface area contributed by atoms with Crippen molar-refractivity contribution >= 4 is 66.7 Å². The van der Waals surface area contributed by atoms with Crippen molar-refractivity contribution in [2.45, 2.75) is 45.3 Å². The first-order valence-electron chi connectivity index (χ1n) is 12.7. The highest BCUT2D eigenvalue weighted by Gasteiger charge is 2.33. The van der Waals surface area contributed by atoms with E-state index >= 15 is 0 Å². The Balaban J connectivity index is 2.09. The van der Waals surface area contributed by atoms with Gasteiger partial charge in [0.2, 0.25) is 21.8 Å². The molecule has 0 saturated heterocycles. The van der Waals surface area contributed by atoms with E-state index in [9.17, 15) is 18.0 Å². The average Bonchev–Trinajstić information content (AvgIpc) is 2.91. The molecule has 11 heteroatoms. The predicted octanol–water partition coefficient (Wildman–Crippen LogP) is 6.08. The number of hydrogen-bond acceptors (Lipinski definition) is 4. The first kappa shape index (κ1) is 31.9. The number of amides is 2. The summed E-state index contributed by atoms with van der Waals surface area (Å²) < 4.78 is 27.3. The number of rotatable bonds is 12. The lowest BCUT2D eigenvalue weighted by Crippen LogP contribution is -2.54. The summed E-state index contributed by atoms with van der Waals surface area (Å²) >= 11 is 15.8. The van der Waals surface area contributed by atoms with Crippen molar-refractivity contribution in [1.29, 1.82) is 0 Å². The van der Waals surface area contributed by atoms with E-state index in [1.54, 1.807) is 42.5 Å². The van der Waals surface area contributed by atoms with Crippen molar-refractivity contribution in [3.63, 3.8) is 0 Å². The van der Waals surface area contributed by atoms with Gasteiger partial charge in [-0.05, 0) is 64.7 Å². The van der Waals surface area contributed by atoms with Gasteiger partial charge in [0, 0.05) is 23.5 Å². The van der Waals surface area contributed by atoms with Crippen LogP contribution in [0.3, 0.4) is 0 Å². The Hall–Kier alpha value is -2.59. The topological polar surface area (TPSA) is 86.8 Å². The molecule has 0 bridgehead atoms. The minimum atomic E-state index is -3.87. The summed E-state index contributed by atoms with van der Waals surface area (Å²) in [5.74, 6) is -0.883. The van der Waals surface area contributed by atoms with Crippen molar-refractivity contribution < 1.29 is 18.0 Å². The van der Waals surface area contributed by atoms with Gasteiger partial charge in [-0.3, -0.25) is 13.9 Å². The molecular weight excluding hydrogens is 637 g/mol. The molecule has 0 unspecified atom stereocenters. The molecule has 1 N–H and O–H groups in total. The van der Waals surface area contributed by atoms with Crippen LogP contribution >= 0.6 is 39.1 Å². The van der Waals surface area contributed by atoms with Crippen LogP contribution in [0.4, 0.5) is 5.69 Å². The standard InChI is InChI=1S/C29H32BrCl2N3O4S/c1-4-20(2)33-29(37)27(17-21-10-6-5-7-11-21)34(18-22-14-15-24(31)25(32)16-22)28(36)19-35(40(3,38)39)26-13-9-8-12-23(26)30/h5-16,20,27H,4,17-19H2,1-3H3,(H,33,37)/t20-,27-/m0/s1. The molecule has 0 aliphatic heterocycles. The van der Waals surface area contributed by atoms with Crippen LogP contribution in [0.2, 0.25) is 10.0 Å². The number of carbonyl (C=O) groups is 2. The van der Waals surface area contributed by atoms with Crippen LogP contribution in [0.25, 0.3) is 0 Å². The third kappa shape index (κ3) is 8.70. The lowest BCUT2D eigenvalue weighted by atomic mass is 10.0. The molecule has 7 nitrogen and oxygen atoms in total. The van der Waals surface area contributed by atoms with Gasteiger partial charge in [-0.1, -0.05) is 78.7 Å². The smallest absolute Gasteiger partial charge is 0.244 e. The van der Waals surface area contributed by atoms with Gasteiger partial charge in [0.15, 0.2) is 0 Å². The fourth-order valence-corrected chi connectivity index (χ4v) is 5.88. The number of hydrogen-bond donors (Lipinski definition) is 1. The predicted molar refractivity (Wildman–Crippen MR) is 165 cm³/mol. The number of para-hydroxylation sites is 1. The van der Waals surface area contributed by atoms with Gasteiger partial charge in [-0.2, -0.15) is 0 Å². The van der Waals surface area contributed by atoms with Crippen molar-refractivity contribution in [1.82, 2.24) is 10.2 Å². The monoisotopic (exact) mass is 667 g/mol. The lowest BCUT2D eigenvalue weighted by Gasteiger charge is -2.34. The largest absolute Gasteiger partial charge is 0.352 e. The van der Waals surface area contributed by atoms with E-state index in [4.69, 9.17) is 23.2 Å². The van der Waals surface area contributed by atoms with Crippen LogP contribution in [0.1, 0.15) is 31.4 Å². The molecule has 0 fully saturated rings. The summed E-state index contributed by atoms with van der Waals surface area (Å²) in [4.78, 5) is 29.2. The van der Waals surface area contributed by atoms with E-state index in [1.165, 1.54) is 4.90 Å². The van der Waals surface area contributed by atoms with Gasteiger partial charge >= 0.3 is 0 Å². The SMILES string of the molecule is CC[C@H](C)NC(=O)[C@H](Cc1ccccc1)N(Cc1ccc(Cl)c(Cl)c1)C(=O)CN(c1ccccc1Br)S(C)(=O)=O. The maximum atomic E-state index is 14.1. The minimum absolute atomic E-state index is 0.00864. The maximum absolute atomic E-state index is 14.1. The molecule has 0 aliphatic carbocycles. The number of sulfonamides is 1. The van der Waals surface area contributed by atoms with Gasteiger partial charge in [0.1, 0.15) is 12.6 Å². The molecule has 0 saturated carbocycles. The second-order valence-electron chi connectivity index (χ2n) is 9.51. The molecule has 2 amide bonds. The van der Waals surface area contributed by atoms with Crippen LogP contribution in [-0.4, -0.2) is 50.0 Å². The molecular formula is C29H32BrCl2N3O4S.